The van der Waals surface area contributed by atoms with Gasteiger partial charge in [0.1, 0.15) is 11.5 Å². The van der Waals surface area contributed by atoms with Gasteiger partial charge in [0.2, 0.25) is 0 Å². The van der Waals surface area contributed by atoms with Crippen LogP contribution < -0.4 is 15.2 Å². The van der Waals surface area contributed by atoms with Gasteiger partial charge in [-0.1, -0.05) is 28.1 Å². The Kier molecular flexibility index (Phi) is 5.01. The molecule has 4 nitrogen and oxygen atoms in total. The minimum absolute atomic E-state index is 0.134. The number of hydrogen-bond acceptors (Lipinski definition) is 3. The highest BCUT2D eigenvalue weighted by atomic mass is 79.9. The first kappa shape index (κ1) is 14.4. The summed E-state index contributed by atoms with van der Waals surface area (Å²) in [4.78, 5) is 4.19. The molecule has 2 rings (SSSR count). The van der Waals surface area contributed by atoms with Gasteiger partial charge < -0.3 is 15.2 Å². The lowest BCUT2D eigenvalue weighted by Gasteiger charge is -2.05. The molecule has 104 valence electrons. The van der Waals surface area contributed by atoms with Gasteiger partial charge in [-0.25, -0.2) is 4.99 Å². The predicted molar refractivity (Wildman–Crippen MR) is 83.1 cm³/mol. The summed E-state index contributed by atoms with van der Waals surface area (Å²) in [5, 5.41) is 0. The largest absolute Gasteiger partial charge is 0.497 e. The van der Waals surface area contributed by atoms with E-state index >= 15 is 0 Å². The Morgan fingerprint density at radius 2 is 1.90 bits per heavy atom. The maximum Gasteiger partial charge on any atom is 0.287 e. The number of aliphatic imine (C=N–C) groups is 1. The molecule has 2 N–H and O–H groups in total. The van der Waals surface area contributed by atoms with Crippen molar-refractivity contribution in [3.63, 3.8) is 0 Å². The SMILES string of the molecule is COc1cccc(CN=C(N)Oc2ccc(Br)cc2)c1. The molecule has 0 saturated heterocycles. The molecule has 0 saturated carbocycles. The maximum atomic E-state index is 5.75. The molecule has 0 atom stereocenters. The predicted octanol–water partition coefficient (Wildman–Crippen LogP) is 3.35. The molecule has 0 fully saturated rings. The van der Waals surface area contributed by atoms with Gasteiger partial charge in [-0.05, 0) is 42.0 Å². The van der Waals surface area contributed by atoms with Crippen molar-refractivity contribution in [2.24, 2.45) is 10.7 Å². The van der Waals surface area contributed by atoms with E-state index in [-0.39, 0.29) is 6.02 Å². The van der Waals surface area contributed by atoms with Gasteiger partial charge >= 0.3 is 0 Å². The van der Waals surface area contributed by atoms with Crippen molar-refractivity contribution in [1.29, 1.82) is 0 Å². The number of benzene rings is 2. The zero-order valence-corrected chi connectivity index (χ0v) is 12.6. The molecule has 0 aliphatic carbocycles. The van der Waals surface area contributed by atoms with Crippen molar-refractivity contribution >= 4 is 22.0 Å². The van der Waals surface area contributed by atoms with Crippen molar-refractivity contribution < 1.29 is 9.47 Å². The van der Waals surface area contributed by atoms with Gasteiger partial charge in [-0.3, -0.25) is 0 Å². The van der Waals surface area contributed by atoms with Gasteiger partial charge in [0.25, 0.3) is 6.02 Å². The smallest absolute Gasteiger partial charge is 0.287 e. The fourth-order valence-corrected chi connectivity index (χ4v) is 1.86. The van der Waals surface area contributed by atoms with Gasteiger partial charge in [-0.2, -0.15) is 0 Å². The summed E-state index contributed by atoms with van der Waals surface area (Å²) in [5.41, 5.74) is 6.75. The lowest BCUT2D eigenvalue weighted by molar-refractivity contribution is 0.414. The van der Waals surface area contributed by atoms with Crippen LogP contribution >= 0.6 is 15.9 Å². The van der Waals surface area contributed by atoms with E-state index < -0.39 is 0 Å². The average molecular weight is 335 g/mol. The van der Waals surface area contributed by atoms with Gasteiger partial charge in [-0.15, -0.1) is 0 Å². The normalized spacial score (nSPS) is 11.2. The molecular formula is C15H15BrN2O2. The molecule has 0 bridgehead atoms. The second kappa shape index (κ2) is 6.96. The summed E-state index contributed by atoms with van der Waals surface area (Å²) in [7, 11) is 1.63. The Hall–Kier alpha value is -2.01. The Morgan fingerprint density at radius 3 is 2.60 bits per heavy atom. The Morgan fingerprint density at radius 1 is 1.15 bits per heavy atom. The number of hydrogen-bond donors (Lipinski definition) is 1. The number of nitrogens with zero attached hydrogens (tertiary/aromatic N) is 1. The number of nitrogens with two attached hydrogens (primary N) is 1. The number of halogens is 1. The summed E-state index contributed by atoms with van der Waals surface area (Å²) in [6.07, 6.45) is 0. The van der Waals surface area contributed by atoms with Crippen molar-refractivity contribution in [3.05, 3.63) is 58.6 Å². The van der Waals surface area contributed by atoms with Crippen LogP contribution in [0.25, 0.3) is 0 Å². The summed E-state index contributed by atoms with van der Waals surface area (Å²) in [6, 6.07) is 15.2. The minimum atomic E-state index is 0.134. The first-order valence-electron chi connectivity index (χ1n) is 6.03. The van der Waals surface area contributed by atoms with Gasteiger partial charge in [0, 0.05) is 4.47 Å². The van der Waals surface area contributed by atoms with Crippen LogP contribution in [0.1, 0.15) is 5.56 Å². The molecule has 0 unspecified atom stereocenters. The van der Waals surface area contributed by atoms with Gasteiger partial charge in [0.05, 0.1) is 13.7 Å². The molecule has 5 heteroatoms. The van der Waals surface area contributed by atoms with Gasteiger partial charge in [0.15, 0.2) is 0 Å². The third-order valence-electron chi connectivity index (χ3n) is 2.59. The van der Waals surface area contributed by atoms with E-state index in [9.17, 15) is 0 Å². The van der Waals surface area contributed by atoms with Crippen LogP contribution in [0.2, 0.25) is 0 Å². The first-order chi connectivity index (χ1) is 9.67. The Bertz CT molecular complexity index is 597. The van der Waals surface area contributed by atoms with E-state index in [1.54, 1.807) is 7.11 Å². The van der Waals surface area contributed by atoms with Crippen molar-refractivity contribution in [2.75, 3.05) is 7.11 Å². The quantitative estimate of drug-likeness (QED) is 0.689. The van der Waals surface area contributed by atoms with Crippen molar-refractivity contribution in [2.45, 2.75) is 6.54 Å². The number of rotatable bonds is 4. The molecule has 2 aromatic carbocycles. The first-order valence-corrected chi connectivity index (χ1v) is 6.83. The minimum Gasteiger partial charge on any atom is -0.497 e. The molecular weight excluding hydrogens is 320 g/mol. The fourth-order valence-electron chi connectivity index (χ4n) is 1.60. The second-order valence-electron chi connectivity index (χ2n) is 4.06. The van der Waals surface area contributed by atoms with Crippen molar-refractivity contribution in [3.8, 4) is 11.5 Å². The highest BCUT2D eigenvalue weighted by Crippen LogP contribution is 2.16. The Balaban J connectivity index is 1.98. The molecule has 0 radical (unpaired) electrons. The lowest BCUT2D eigenvalue weighted by atomic mass is 10.2. The molecule has 2 aromatic rings. The fraction of sp³-hybridized carbons (Fsp3) is 0.133. The lowest BCUT2D eigenvalue weighted by Crippen LogP contribution is -2.19. The van der Waals surface area contributed by atoms with Crippen LogP contribution in [0.15, 0.2) is 58.0 Å². The van der Waals surface area contributed by atoms with E-state index in [0.717, 1.165) is 15.8 Å². The highest BCUT2D eigenvalue weighted by molar-refractivity contribution is 9.10. The molecule has 0 aromatic heterocycles. The van der Waals surface area contributed by atoms with E-state index in [4.69, 9.17) is 15.2 Å². The summed E-state index contributed by atoms with van der Waals surface area (Å²) in [6.45, 7) is 0.444. The van der Waals surface area contributed by atoms with Crippen LogP contribution in [0, 0.1) is 0 Å². The molecule has 0 amide bonds. The molecule has 0 heterocycles. The van der Waals surface area contributed by atoms with Crippen LogP contribution in [0.4, 0.5) is 0 Å². The molecule has 20 heavy (non-hydrogen) atoms. The second-order valence-corrected chi connectivity index (χ2v) is 4.98. The van der Waals surface area contributed by atoms with Crippen LogP contribution in [-0.4, -0.2) is 13.1 Å². The highest BCUT2D eigenvalue weighted by Gasteiger charge is 1.99. The average Bonchev–Trinajstić information content (AvgIpc) is 2.48. The standard InChI is InChI=1S/C15H15BrN2O2/c1-19-14-4-2-3-11(9-14)10-18-15(17)20-13-7-5-12(16)6-8-13/h2-9H,10H2,1H3,(H2,17,18). The third kappa shape index (κ3) is 4.28. The summed E-state index contributed by atoms with van der Waals surface area (Å²) in [5.74, 6) is 1.45. The topological polar surface area (TPSA) is 56.8 Å². The van der Waals surface area contributed by atoms with E-state index in [1.807, 2.05) is 48.5 Å². The molecule has 0 aliphatic rings. The molecule has 0 aliphatic heterocycles. The van der Waals surface area contributed by atoms with Crippen LogP contribution in [0.5, 0.6) is 11.5 Å². The van der Waals surface area contributed by atoms with Crippen molar-refractivity contribution in [1.82, 2.24) is 0 Å². The monoisotopic (exact) mass is 334 g/mol. The van der Waals surface area contributed by atoms with E-state index in [1.165, 1.54) is 0 Å². The maximum absolute atomic E-state index is 5.75. The van der Waals surface area contributed by atoms with Crippen LogP contribution in [-0.2, 0) is 6.54 Å². The molecule has 0 spiro atoms. The number of methoxy groups -OCH3 is 1. The van der Waals surface area contributed by atoms with E-state index in [2.05, 4.69) is 20.9 Å². The Labute approximate surface area is 126 Å². The number of ether oxygens (including phenoxy) is 2. The number of amidine groups is 1. The van der Waals surface area contributed by atoms with E-state index in [0.29, 0.717) is 12.3 Å². The summed E-state index contributed by atoms with van der Waals surface area (Å²) < 4.78 is 11.6. The summed E-state index contributed by atoms with van der Waals surface area (Å²) >= 11 is 3.36. The third-order valence-corrected chi connectivity index (χ3v) is 3.12. The zero-order valence-electron chi connectivity index (χ0n) is 11.0. The van der Waals surface area contributed by atoms with Crippen LogP contribution in [0.3, 0.4) is 0 Å². The zero-order chi connectivity index (χ0) is 14.4.